The molecule has 31 heavy (non-hydrogen) atoms. The molecule has 6 heteroatoms. The van der Waals surface area contributed by atoms with Crippen molar-refractivity contribution in [3.05, 3.63) is 78.4 Å². The Morgan fingerprint density at radius 2 is 1.58 bits per heavy atom. The molecule has 2 amide bonds. The number of aromatic nitrogens is 1. The number of nitrogens with zero attached hydrogens (tertiary/aromatic N) is 2. The number of carbonyl (C=O) groups excluding carboxylic acids is 2. The third-order valence-corrected chi connectivity index (χ3v) is 5.15. The van der Waals surface area contributed by atoms with Crippen molar-refractivity contribution in [3.63, 3.8) is 0 Å². The zero-order valence-electron chi connectivity index (χ0n) is 17.3. The minimum absolute atomic E-state index is 0.0685. The van der Waals surface area contributed by atoms with Crippen LogP contribution >= 0.6 is 0 Å². The van der Waals surface area contributed by atoms with Crippen LogP contribution in [0.2, 0.25) is 0 Å². The number of hydrogen-bond acceptors (Lipinski definition) is 3. The summed E-state index contributed by atoms with van der Waals surface area (Å²) >= 11 is 0. The average Bonchev–Trinajstić information content (AvgIpc) is 3.11. The first kappa shape index (κ1) is 20.3. The zero-order valence-corrected chi connectivity index (χ0v) is 17.3. The topological polar surface area (TPSA) is 75.5 Å². The van der Waals surface area contributed by atoms with Crippen molar-refractivity contribution in [2.24, 2.45) is 5.10 Å². The van der Waals surface area contributed by atoms with Crippen molar-refractivity contribution in [2.45, 2.75) is 26.3 Å². The van der Waals surface area contributed by atoms with E-state index in [-0.39, 0.29) is 24.7 Å². The maximum atomic E-state index is 12.0. The lowest BCUT2D eigenvalue weighted by atomic mass is 10.1. The Balaban J connectivity index is 1.37. The first-order valence-corrected chi connectivity index (χ1v) is 10.3. The number of hydrazone groups is 1. The summed E-state index contributed by atoms with van der Waals surface area (Å²) in [5.41, 5.74) is 6.49. The number of para-hydroxylation sites is 2. The summed E-state index contributed by atoms with van der Waals surface area (Å²) in [6.45, 7) is 3.03. The van der Waals surface area contributed by atoms with Gasteiger partial charge in [-0.1, -0.05) is 42.5 Å². The van der Waals surface area contributed by atoms with Crippen LogP contribution in [0.1, 0.15) is 25.3 Å². The highest BCUT2D eigenvalue weighted by Crippen LogP contribution is 2.29. The summed E-state index contributed by atoms with van der Waals surface area (Å²) < 4.78 is 2.29. The van der Waals surface area contributed by atoms with Crippen molar-refractivity contribution < 1.29 is 9.59 Å². The average molecular weight is 412 g/mol. The van der Waals surface area contributed by atoms with E-state index in [1.807, 2.05) is 36.4 Å². The molecule has 4 rings (SSSR count). The van der Waals surface area contributed by atoms with Crippen LogP contribution in [0.25, 0.3) is 21.8 Å². The molecule has 1 aromatic heterocycles. The van der Waals surface area contributed by atoms with E-state index in [1.165, 1.54) is 16.4 Å². The van der Waals surface area contributed by atoms with Crippen LogP contribution in [-0.4, -0.2) is 22.6 Å². The van der Waals surface area contributed by atoms with Crippen molar-refractivity contribution in [2.75, 3.05) is 5.32 Å². The SMILES string of the molecule is CCn1c2ccccc2c2cc(C=NNC(=O)CCC(=O)Nc3ccccc3)ccc21. The van der Waals surface area contributed by atoms with Gasteiger partial charge in [0.25, 0.3) is 0 Å². The summed E-state index contributed by atoms with van der Waals surface area (Å²) in [5, 5.41) is 9.17. The standard InChI is InChI=1S/C25H24N4O2/c1-2-29-22-11-7-6-10-20(22)21-16-18(12-13-23(21)29)17-26-28-25(31)15-14-24(30)27-19-8-4-3-5-9-19/h3-13,16-17H,2,14-15H2,1H3,(H,27,30)(H,28,31). The highest BCUT2D eigenvalue weighted by molar-refractivity contribution is 6.09. The van der Waals surface area contributed by atoms with Gasteiger partial charge in [-0.05, 0) is 42.8 Å². The fourth-order valence-corrected chi connectivity index (χ4v) is 3.70. The predicted molar refractivity (Wildman–Crippen MR) is 125 cm³/mol. The van der Waals surface area contributed by atoms with Crippen LogP contribution in [0.4, 0.5) is 5.69 Å². The Kier molecular flexibility index (Phi) is 6.08. The van der Waals surface area contributed by atoms with Crippen molar-refractivity contribution in [3.8, 4) is 0 Å². The zero-order chi connectivity index (χ0) is 21.6. The molecule has 0 saturated carbocycles. The van der Waals surface area contributed by atoms with Crippen LogP contribution in [0.15, 0.2) is 77.9 Å². The maximum absolute atomic E-state index is 12.0. The summed E-state index contributed by atoms with van der Waals surface area (Å²) in [5.74, 6) is -0.508. The quantitative estimate of drug-likeness (QED) is 0.341. The van der Waals surface area contributed by atoms with Gasteiger partial charge in [0.2, 0.25) is 11.8 Å². The van der Waals surface area contributed by atoms with Gasteiger partial charge in [-0.3, -0.25) is 9.59 Å². The third-order valence-electron chi connectivity index (χ3n) is 5.15. The van der Waals surface area contributed by atoms with Crippen LogP contribution in [0.3, 0.4) is 0 Å². The molecule has 0 fully saturated rings. The van der Waals surface area contributed by atoms with Crippen LogP contribution in [0.5, 0.6) is 0 Å². The number of rotatable bonds is 7. The number of anilines is 1. The second-order valence-corrected chi connectivity index (χ2v) is 7.25. The Bertz CT molecular complexity index is 1260. The van der Waals surface area contributed by atoms with E-state index in [4.69, 9.17) is 0 Å². The molecular formula is C25H24N4O2. The largest absolute Gasteiger partial charge is 0.341 e. The van der Waals surface area contributed by atoms with Crippen molar-refractivity contribution in [1.82, 2.24) is 9.99 Å². The van der Waals surface area contributed by atoms with Gasteiger partial charge in [-0.25, -0.2) is 5.43 Å². The van der Waals surface area contributed by atoms with Crippen LogP contribution in [0, 0.1) is 0 Å². The number of carbonyl (C=O) groups is 2. The summed E-state index contributed by atoms with van der Waals surface area (Å²) in [6.07, 6.45) is 1.79. The molecule has 0 aliphatic rings. The van der Waals surface area contributed by atoms with Crippen molar-refractivity contribution >= 4 is 45.5 Å². The second kappa shape index (κ2) is 9.26. The first-order chi connectivity index (χ1) is 15.2. The molecule has 1 heterocycles. The van der Waals surface area contributed by atoms with E-state index >= 15 is 0 Å². The number of fused-ring (bicyclic) bond motifs is 3. The van der Waals surface area contributed by atoms with Gasteiger partial charge >= 0.3 is 0 Å². The summed E-state index contributed by atoms with van der Waals surface area (Å²) in [6, 6.07) is 23.6. The lowest BCUT2D eigenvalue weighted by Gasteiger charge is -2.04. The molecule has 0 atom stereocenters. The maximum Gasteiger partial charge on any atom is 0.240 e. The highest BCUT2D eigenvalue weighted by Gasteiger charge is 2.09. The van der Waals surface area contributed by atoms with Gasteiger partial charge in [0.1, 0.15) is 0 Å². The third kappa shape index (κ3) is 4.64. The monoisotopic (exact) mass is 412 g/mol. The normalized spacial score (nSPS) is 11.3. The minimum Gasteiger partial charge on any atom is -0.341 e. The molecule has 0 bridgehead atoms. The van der Waals surface area contributed by atoms with E-state index < -0.39 is 0 Å². The Hall–Kier alpha value is -3.93. The predicted octanol–water partition coefficient (Wildman–Crippen LogP) is 4.68. The molecule has 4 aromatic rings. The molecule has 6 nitrogen and oxygen atoms in total. The molecule has 0 spiro atoms. The highest BCUT2D eigenvalue weighted by atomic mass is 16.2. The van der Waals surface area contributed by atoms with E-state index in [0.29, 0.717) is 5.69 Å². The summed E-state index contributed by atoms with van der Waals surface area (Å²) in [4.78, 5) is 24.0. The van der Waals surface area contributed by atoms with Crippen molar-refractivity contribution in [1.29, 1.82) is 0 Å². The fraction of sp³-hybridized carbons (Fsp3) is 0.160. The Morgan fingerprint density at radius 3 is 2.39 bits per heavy atom. The molecule has 0 saturated heterocycles. The van der Waals surface area contributed by atoms with Gasteiger partial charge in [-0.15, -0.1) is 0 Å². The lowest BCUT2D eigenvalue weighted by molar-refractivity contribution is -0.124. The van der Waals surface area contributed by atoms with Gasteiger partial charge in [-0.2, -0.15) is 5.10 Å². The molecule has 0 unspecified atom stereocenters. The molecule has 2 N–H and O–H groups in total. The molecule has 0 aliphatic carbocycles. The van der Waals surface area contributed by atoms with Crippen LogP contribution < -0.4 is 10.7 Å². The molecule has 0 aliphatic heterocycles. The Morgan fingerprint density at radius 1 is 0.871 bits per heavy atom. The smallest absolute Gasteiger partial charge is 0.240 e. The molecule has 0 radical (unpaired) electrons. The van der Waals surface area contributed by atoms with Gasteiger partial charge < -0.3 is 9.88 Å². The van der Waals surface area contributed by atoms with E-state index in [0.717, 1.165) is 17.5 Å². The Labute approximate surface area is 180 Å². The van der Waals surface area contributed by atoms with E-state index in [1.54, 1.807) is 18.3 Å². The second-order valence-electron chi connectivity index (χ2n) is 7.25. The molecule has 156 valence electrons. The lowest BCUT2D eigenvalue weighted by Crippen LogP contribution is -2.20. The van der Waals surface area contributed by atoms with Gasteiger partial charge in [0.15, 0.2) is 0 Å². The fourth-order valence-electron chi connectivity index (χ4n) is 3.70. The van der Waals surface area contributed by atoms with Gasteiger partial charge in [0, 0.05) is 46.9 Å². The molecular weight excluding hydrogens is 388 g/mol. The van der Waals surface area contributed by atoms with E-state index in [9.17, 15) is 9.59 Å². The van der Waals surface area contributed by atoms with Gasteiger partial charge in [0.05, 0.1) is 6.21 Å². The van der Waals surface area contributed by atoms with Crippen LogP contribution in [-0.2, 0) is 16.1 Å². The number of hydrogen-bond donors (Lipinski definition) is 2. The number of amides is 2. The number of benzene rings is 3. The number of nitrogens with one attached hydrogen (secondary N) is 2. The van der Waals surface area contributed by atoms with E-state index in [2.05, 4.69) is 51.6 Å². The molecule has 3 aromatic carbocycles. The first-order valence-electron chi connectivity index (χ1n) is 10.3. The summed E-state index contributed by atoms with van der Waals surface area (Å²) in [7, 11) is 0. The minimum atomic E-state index is -0.303. The number of aryl methyl sites for hydroxylation is 1.